The molecule has 0 bridgehead atoms. The summed E-state index contributed by atoms with van der Waals surface area (Å²) in [6.07, 6.45) is 0.692. The highest BCUT2D eigenvalue weighted by Crippen LogP contribution is 2.18. The molecule has 0 amide bonds. The van der Waals surface area contributed by atoms with E-state index >= 15 is 0 Å². The summed E-state index contributed by atoms with van der Waals surface area (Å²) in [6.45, 7) is 4.09. The SMILES string of the molecule is COC(C)(C)CCOc1cc(F)cc(C#CCO)c1. The van der Waals surface area contributed by atoms with Crippen molar-refractivity contribution in [3.8, 4) is 17.6 Å². The number of methoxy groups -OCH3 is 1. The molecule has 0 saturated heterocycles. The molecular formula is C15H19FO3. The highest BCUT2D eigenvalue weighted by Gasteiger charge is 2.16. The van der Waals surface area contributed by atoms with E-state index in [2.05, 4.69) is 11.8 Å². The van der Waals surface area contributed by atoms with Gasteiger partial charge in [0.2, 0.25) is 0 Å². The van der Waals surface area contributed by atoms with Gasteiger partial charge in [-0.1, -0.05) is 11.8 Å². The van der Waals surface area contributed by atoms with Crippen LogP contribution in [0.4, 0.5) is 4.39 Å². The first-order valence-electron chi connectivity index (χ1n) is 6.05. The summed E-state index contributed by atoms with van der Waals surface area (Å²) < 4.78 is 24.1. The predicted molar refractivity (Wildman–Crippen MR) is 71.6 cm³/mol. The third-order valence-corrected chi connectivity index (χ3v) is 2.71. The van der Waals surface area contributed by atoms with Gasteiger partial charge in [0.15, 0.2) is 0 Å². The Morgan fingerprint density at radius 1 is 1.32 bits per heavy atom. The van der Waals surface area contributed by atoms with Gasteiger partial charge in [0.1, 0.15) is 18.2 Å². The lowest BCUT2D eigenvalue weighted by molar-refractivity contribution is 0.00544. The Morgan fingerprint density at radius 2 is 2.05 bits per heavy atom. The van der Waals surface area contributed by atoms with Gasteiger partial charge in [-0.15, -0.1) is 0 Å². The molecule has 3 nitrogen and oxygen atoms in total. The van der Waals surface area contributed by atoms with Crippen LogP contribution in [0.25, 0.3) is 0 Å². The van der Waals surface area contributed by atoms with Crippen LogP contribution in [0.15, 0.2) is 18.2 Å². The fraction of sp³-hybridized carbons (Fsp3) is 0.467. The van der Waals surface area contributed by atoms with Crippen molar-refractivity contribution in [3.63, 3.8) is 0 Å². The van der Waals surface area contributed by atoms with E-state index in [1.807, 2.05) is 13.8 Å². The maximum atomic E-state index is 13.3. The van der Waals surface area contributed by atoms with Crippen molar-refractivity contribution in [1.82, 2.24) is 0 Å². The van der Waals surface area contributed by atoms with E-state index in [9.17, 15) is 4.39 Å². The van der Waals surface area contributed by atoms with Crippen LogP contribution in [0.1, 0.15) is 25.8 Å². The lowest BCUT2D eigenvalue weighted by Crippen LogP contribution is -2.25. The number of rotatable bonds is 5. The number of benzene rings is 1. The fourth-order valence-electron chi connectivity index (χ4n) is 1.38. The van der Waals surface area contributed by atoms with Crippen molar-refractivity contribution < 1.29 is 19.0 Å². The van der Waals surface area contributed by atoms with Crippen LogP contribution in [-0.2, 0) is 4.74 Å². The number of hydrogen-bond donors (Lipinski definition) is 1. The average molecular weight is 266 g/mol. The van der Waals surface area contributed by atoms with Crippen molar-refractivity contribution in [2.24, 2.45) is 0 Å². The summed E-state index contributed by atoms with van der Waals surface area (Å²) >= 11 is 0. The van der Waals surface area contributed by atoms with Crippen LogP contribution in [0.3, 0.4) is 0 Å². The van der Waals surface area contributed by atoms with Gasteiger partial charge in [-0.2, -0.15) is 0 Å². The summed E-state index contributed by atoms with van der Waals surface area (Å²) in [6, 6.07) is 4.25. The molecule has 0 heterocycles. The third-order valence-electron chi connectivity index (χ3n) is 2.71. The minimum absolute atomic E-state index is 0.255. The van der Waals surface area contributed by atoms with Crippen LogP contribution in [0.2, 0.25) is 0 Å². The lowest BCUT2D eigenvalue weighted by Gasteiger charge is -2.22. The molecular weight excluding hydrogens is 247 g/mol. The van der Waals surface area contributed by atoms with Gasteiger partial charge in [0.05, 0.1) is 12.2 Å². The Bertz CT molecular complexity index is 472. The van der Waals surface area contributed by atoms with Crippen molar-refractivity contribution in [2.45, 2.75) is 25.9 Å². The van der Waals surface area contributed by atoms with Crippen LogP contribution >= 0.6 is 0 Å². The zero-order valence-corrected chi connectivity index (χ0v) is 11.5. The average Bonchev–Trinajstić information content (AvgIpc) is 2.35. The largest absolute Gasteiger partial charge is 0.493 e. The molecule has 0 fully saturated rings. The predicted octanol–water partition coefficient (Wildman–Crippen LogP) is 2.36. The normalized spacial score (nSPS) is 10.8. The molecule has 1 aromatic carbocycles. The van der Waals surface area contributed by atoms with E-state index in [4.69, 9.17) is 14.6 Å². The maximum absolute atomic E-state index is 13.3. The number of ether oxygens (including phenoxy) is 2. The number of hydrogen-bond acceptors (Lipinski definition) is 3. The molecule has 1 aromatic rings. The highest BCUT2D eigenvalue weighted by atomic mass is 19.1. The molecule has 0 atom stereocenters. The third kappa shape index (κ3) is 5.73. The van der Waals surface area contributed by atoms with Gasteiger partial charge in [0, 0.05) is 25.2 Å². The molecule has 0 radical (unpaired) electrons. The van der Waals surface area contributed by atoms with Gasteiger partial charge in [-0.05, 0) is 26.0 Å². The molecule has 0 aliphatic carbocycles. The van der Waals surface area contributed by atoms with E-state index in [0.29, 0.717) is 24.3 Å². The lowest BCUT2D eigenvalue weighted by atomic mass is 10.1. The minimum atomic E-state index is -0.411. The molecule has 0 spiro atoms. The summed E-state index contributed by atoms with van der Waals surface area (Å²) in [5, 5.41) is 8.61. The molecule has 4 heteroatoms. The molecule has 0 saturated carbocycles. The summed E-state index contributed by atoms with van der Waals surface area (Å²) in [4.78, 5) is 0. The Kier molecular flexibility index (Phi) is 5.81. The Balaban J connectivity index is 2.66. The first-order chi connectivity index (χ1) is 8.96. The molecule has 104 valence electrons. The van der Waals surface area contributed by atoms with Gasteiger partial charge < -0.3 is 14.6 Å². The summed E-state index contributed by atoms with van der Waals surface area (Å²) in [5.74, 6) is 5.13. The van der Waals surface area contributed by atoms with Crippen molar-refractivity contribution in [2.75, 3.05) is 20.3 Å². The monoisotopic (exact) mass is 266 g/mol. The first kappa shape index (κ1) is 15.5. The van der Waals surface area contributed by atoms with Gasteiger partial charge in [0.25, 0.3) is 0 Å². The zero-order valence-electron chi connectivity index (χ0n) is 11.5. The molecule has 1 N–H and O–H groups in total. The standard InChI is InChI=1S/C15H19FO3/c1-15(2,18-3)6-8-19-14-10-12(5-4-7-17)9-13(16)11-14/h9-11,17H,6-8H2,1-3H3. The second-order valence-electron chi connectivity index (χ2n) is 4.70. The molecule has 0 aliphatic rings. The quantitative estimate of drug-likeness (QED) is 0.832. The van der Waals surface area contributed by atoms with Crippen molar-refractivity contribution >= 4 is 0 Å². The zero-order chi connectivity index (χ0) is 14.3. The van der Waals surface area contributed by atoms with Crippen LogP contribution < -0.4 is 4.74 Å². The van der Waals surface area contributed by atoms with Crippen LogP contribution in [0.5, 0.6) is 5.75 Å². The van der Waals surface area contributed by atoms with Gasteiger partial charge in [-0.3, -0.25) is 0 Å². The highest BCUT2D eigenvalue weighted by molar-refractivity contribution is 5.40. The summed E-state index contributed by atoms with van der Waals surface area (Å²) in [5.41, 5.74) is 0.211. The number of aliphatic hydroxyl groups excluding tert-OH is 1. The molecule has 0 unspecified atom stereocenters. The smallest absolute Gasteiger partial charge is 0.128 e. The molecule has 1 rings (SSSR count). The second-order valence-corrected chi connectivity index (χ2v) is 4.70. The van der Waals surface area contributed by atoms with Crippen LogP contribution in [-0.4, -0.2) is 31.0 Å². The fourth-order valence-corrected chi connectivity index (χ4v) is 1.38. The number of halogens is 1. The summed E-state index contributed by atoms with van der Waals surface area (Å²) in [7, 11) is 1.64. The molecule has 0 aliphatic heterocycles. The minimum Gasteiger partial charge on any atom is -0.493 e. The van der Waals surface area contributed by atoms with Crippen molar-refractivity contribution in [1.29, 1.82) is 0 Å². The van der Waals surface area contributed by atoms with Gasteiger partial charge in [-0.25, -0.2) is 4.39 Å². The van der Waals surface area contributed by atoms with Gasteiger partial charge >= 0.3 is 0 Å². The van der Waals surface area contributed by atoms with Crippen molar-refractivity contribution in [3.05, 3.63) is 29.6 Å². The number of aliphatic hydroxyl groups is 1. The Morgan fingerprint density at radius 3 is 2.68 bits per heavy atom. The topological polar surface area (TPSA) is 38.7 Å². The van der Waals surface area contributed by atoms with E-state index in [1.165, 1.54) is 12.1 Å². The van der Waals surface area contributed by atoms with E-state index in [0.717, 1.165) is 0 Å². The van der Waals surface area contributed by atoms with E-state index in [1.54, 1.807) is 13.2 Å². The molecule has 19 heavy (non-hydrogen) atoms. The van der Waals surface area contributed by atoms with E-state index in [-0.39, 0.29) is 12.2 Å². The Hall–Kier alpha value is -1.57. The van der Waals surface area contributed by atoms with Crippen LogP contribution in [0, 0.1) is 17.7 Å². The maximum Gasteiger partial charge on any atom is 0.128 e. The second kappa shape index (κ2) is 7.13. The first-order valence-corrected chi connectivity index (χ1v) is 6.05. The molecule has 0 aromatic heterocycles. The Labute approximate surface area is 113 Å². The van der Waals surface area contributed by atoms with E-state index < -0.39 is 5.82 Å².